The number of nitrogens with one attached hydrogen (secondary N) is 2. The molecule has 2 N–H and O–H groups in total. The summed E-state index contributed by atoms with van der Waals surface area (Å²) in [5, 5.41) is 2.60. The number of carbonyl (C=O) groups is 1. The minimum atomic E-state index is -3.93. The number of amides is 1. The Morgan fingerprint density at radius 1 is 1.17 bits per heavy atom. The number of sulfonamides is 1. The molecule has 23 heavy (non-hydrogen) atoms. The van der Waals surface area contributed by atoms with Gasteiger partial charge in [0.15, 0.2) is 0 Å². The predicted octanol–water partition coefficient (Wildman–Crippen LogP) is 3.88. The average molecular weight is 391 g/mol. The third-order valence-corrected chi connectivity index (χ3v) is 5.93. The Labute approximate surface area is 148 Å². The maximum Gasteiger partial charge on any atom is 0.255 e. The van der Waals surface area contributed by atoms with Crippen LogP contribution in [0.4, 0.5) is 5.69 Å². The third kappa shape index (κ3) is 4.62. The molecule has 9 heteroatoms. The van der Waals surface area contributed by atoms with Crippen LogP contribution in [0.25, 0.3) is 0 Å². The summed E-state index contributed by atoms with van der Waals surface area (Å²) in [5.74, 6) is -0.290. The highest BCUT2D eigenvalue weighted by atomic mass is 35.5. The molecular weight excluding hydrogens is 379 g/mol. The molecule has 0 unspecified atom stereocenters. The summed E-state index contributed by atoms with van der Waals surface area (Å²) in [7, 11) is -3.93. The maximum absolute atomic E-state index is 11.9. The van der Waals surface area contributed by atoms with E-state index in [9.17, 15) is 13.2 Å². The maximum atomic E-state index is 11.9. The Hall–Kier alpha value is -1.25. The van der Waals surface area contributed by atoms with Gasteiger partial charge in [-0.15, -0.1) is 4.24 Å². The molecule has 0 bridgehead atoms. The predicted molar refractivity (Wildman–Crippen MR) is 92.5 cm³/mol. The van der Waals surface area contributed by atoms with Crippen molar-refractivity contribution in [2.24, 2.45) is 0 Å². The molecule has 0 atom stereocenters. The average Bonchev–Trinajstić information content (AvgIpc) is 2.50. The second-order valence-electron chi connectivity index (χ2n) is 4.46. The van der Waals surface area contributed by atoms with Crippen molar-refractivity contribution in [3.8, 4) is 0 Å². The first kappa shape index (κ1) is 18.1. The van der Waals surface area contributed by atoms with Crippen LogP contribution in [0.1, 0.15) is 6.92 Å². The second kappa shape index (κ2) is 7.55. The summed E-state index contributed by atoms with van der Waals surface area (Å²) in [5.41, 5.74) is 0.421. The minimum Gasteiger partial charge on any atom is -0.325 e. The molecule has 0 saturated heterocycles. The molecule has 0 saturated carbocycles. The first-order valence-electron chi connectivity index (χ1n) is 6.30. The normalized spacial score (nSPS) is 11.3. The van der Waals surface area contributed by atoms with Gasteiger partial charge in [-0.2, -0.15) is 0 Å². The fourth-order valence-corrected chi connectivity index (χ4v) is 4.18. The molecule has 5 nitrogen and oxygen atoms in total. The summed E-state index contributed by atoms with van der Waals surface area (Å²) in [4.78, 5) is 12.6. The number of benzene rings is 2. The van der Waals surface area contributed by atoms with Crippen molar-refractivity contribution in [2.75, 3.05) is 5.32 Å². The largest absolute Gasteiger partial charge is 0.325 e. The molecule has 0 aliphatic carbocycles. The molecule has 2 aromatic carbocycles. The standard InChI is InChI=1S/C14H12Cl2N2O3S2/c1-9(19)17-12-7-11(15)14(23(20,21)18-16)8-13(12)22-10-5-3-2-4-6-10/h2-8,18H,1H3,(H,17,19). The molecule has 1 amide bonds. The van der Waals surface area contributed by atoms with Gasteiger partial charge in [-0.05, 0) is 36.0 Å². The van der Waals surface area contributed by atoms with Crippen molar-refractivity contribution >= 4 is 56.8 Å². The Morgan fingerprint density at radius 3 is 2.39 bits per heavy atom. The summed E-state index contributed by atoms with van der Waals surface area (Å²) < 4.78 is 25.6. The summed E-state index contributed by atoms with van der Waals surface area (Å²) >= 11 is 12.6. The SMILES string of the molecule is CC(=O)Nc1cc(Cl)c(S(=O)(=O)NCl)cc1Sc1ccccc1. The number of halogens is 2. The zero-order valence-corrected chi connectivity index (χ0v) is 15.0. The monoisotopic (exact) mass is 390 g/mol. The van der Waals surface area contributed by atoms with E-state index in [0.29, 0.717) is 10.6 Å². The summed E-state index contributed by atoms with van der Waals surface area (Å²) in [6.07, 6.45) is 0. The van der Waals surface area contributed by atoms with Gasteiger partial charge < -0.3 is 5.32 Å². The van der Waals surface area contributed by atoms with Crippen molar-refractivity contribution in [1.29, 1.82) is 0 Å². The molecule has 0 aromatic heterocycles. The van der Waals surface area contributed by atoms with Gasteiger partial charge in [-0.25, -0.2) is 8.42 Å². The topological polar surface area (TPSA) is 75.3 Å². The molecule has 0 aliphatic heterocycles. The van der Waals surface area contributed by atoms with Gasteiger partial charge in [0.05, 0.1) is 10.7 Å². The fraction of sp³-hybridized carbons (Fsp3) is 0.0714. The van der Waals surface area contributed by atoms with Gasteiger partial charge in [0.25, 0.3) is 10.0 Å². The van der Waals surface area contributed by atoms with E-state index in [-0.39, 0.29) is 15.8 Å². The van der Waals surface area contributed by atoms with Crippen LogP contribution >= 0.6 is 35.1 Å². The lowest BCUT2D eigenvalue weighted by Crippen LogP contribution is -2.15. The Kier molecular flexibility index (Phi) is 5.94. The van der Waals surface area contributed by atoms with E-state index in [1.807, 2.05) is 30.3 Å². The number of rotatable bonds is 5. The molecule has 0 aliphatic rings. The van der Waals surface area contributed by atoms with Crippen molar-refractivity contribution in [3.63, 3.8) is 0 Å². The van der Waals surface area contributed by atoms with Gasteiger partial charge in [0, 0.05) is 16.7 Å². The molecule has 0 spiro atoms. The highest BCUT2D eigenvalue weighted by Crippen LogP contribution is 2.38. The highest BCUT2D eigenvalue weighted by Gasteiger charge is 2.20. The van der Waals surface area contributed by atoms with E-state index in [0.717, 1.165) is 4.90 Å². The third-order valence-electron chi connectivity index (χ3n) is 2.71. The zero-order chi connectivity index (χ0) is 17.0. The van der Waals surface area contributed by atoms with Crippen molar-refractivity contribution in [3.05, 3.63) is 47.5 Å². The van der Waals surface area contributed by atoms with Crippen LogP contribution in [0.3, 0.4) is 0 Å². The van der Waals surface area contributed by atoms with Crippen LogP contribution in [0.5, 0.6) is 0 Å². The van der Waals surface area contributed by atoms with E-state index in [2.05, 4.69) is 5.32 Å². The molecule has 122 valence electrons. The molecule has 2 rings (SSSR count). The van der Waals surface area contributed by atoms with Crippen LogP contribution < -0.4 is 9.56 Å². The van der Waals surface area contributed by atoms with Gasteiger partial charge in [-0.1, -0.05) is 41.6 Å². The van der Waals surface area contributed by atoms with Crippen molar-refractivity contribution < 1.29 is 13.2 Å². The summed E-state index contributed by atoms with van der Waals surface area (Å²) in [6.45, 7) is 1.36. The van der Waals surface area contributed by atoms with E-state index in [4.69, 9.17) is 23.4 Å². The van der Waals surface area contributed by atoms with Crippen molar-refractivity contribution in [1.82, 2.24) is 4.24 Å². The second-order valence-corrected chi connectivity index (χ2v) is 8.04. The number of carbonyl (C=O) groups excluding carboxylic acids is 1. The van der Waals surface area contributed by atoms with Crippen LogP contribution in [0.15, 0.2) is 57.2 Å². The Bertz CT molecular complexity index is 827. The van der Waals surface area contributed by atoms with Gasteiger partial charge in [-0.3, -0.25) is 4.79 Å². The number of hydrogen-bond donors (Lipinski definition) is 2. The first-order valence-corrected chi connectivity index (χ1v) is 9.35. The van der Waals surface area contributed by atoms with Crippen LogP contribution in [0.2, 0.25) is 5.02 Å². The Balaban J connectivity index is 2.55. The molecular formula is C14H12Cl2N2O3S2. The lowest BCUT2D eigenvalue weighted by Gasteiger charge is -2.13. The molecule has 2 aromatic rings. The van der Waals surface area contributed by atoms with E-state index in [1.54, 1.807) is 4.24 Å². The minimum absolute atomic E-state index is 0.0423. The highest BCUT2D eigenvalue weighted by molar-refractivity contribution is 7.99. The molecule has 0 radical (unpaired) electrons. The van der Waals surface area contributed by atoms with Crippen LogP contribution in [-0.2, 0) is 14.8 Å². The van der Waals surface area contributed by atoms with E-state index >= 15 is 0 Å². The van der Waals surface area contributed by atoms with E-state index < -0.39 is 10.0 Å². The smallest absolute Gasteiger partial charge is 0.255 e. The fourth-order valence-electron chi connectivity index (χ4n) is 1.77. The van der Waals surface area contributed by atoms with Crippen LogP contribution in [-0.4, -0.2) is 14.3 Å². The summed E-state index contributed by atoms with van der Waals surface area (Å²) in [6, 6.07) is 12.1. The van der Waals surface area contributed by atoms with E-state index in [1.165, 1.54) is 30.8 Å². The molecule has 0 fully saturated rings. The first-order chi connectivity index (χ1) is 10.8. The van der Waals surface area contributed by atoms with Gasteiger partial charge in [0.2, 0.25) is 5.91 Å². The lowest BCUT2D eigenvalue weighted by molar-refractivity contribution is -0.114. The molecule has 0 heterocycles. The zero-order valence-electron chi connectivity index (χ0n) is 11.8. The van der Waals surface area contributed by atoms with Gasteiger partial charge in [0.1, 0.15) is 4.90 Å². The number of hydrogen-bond acceptors (Lipinski definition) is 4. The lowest BCUT2D eigenvalue weighted by atomic mass is 10.3. The van der Waals surface area contributed by atoms with Crippen LogP contribution in [0, 0.1) is 0 Å². The Morgan fingerprint density at radius 2 is 1.83 bits per heavy atom. The number of anilines is 1. The van der Waals surface area contributed by atoms with Crippen molar-refractivity contribution in [2.45, 2.75) is 21.6 Å². The van der Waals surface area contributed by atoms with Gasteiger partial charge >= 0.3 is 0 Å². The quantitative estimate of drug-likeness (QED) is 0.759.